The van der Waals surface area contributed by atoms with E-state index in [1.54, 1.807) is 37.4 Å². The Hall–Kier alpha value is -2.95. The Kier molecular flexibility index (Phi) is 5.93. The maximum Gasteiger partial charge on any atom is 0.308 e. The Labute approximate surface area is 153 Å². The van der Waals surface area contributed by atoms with Crippen LogP contribution in [-0.2, 0) is 4.79 Å². The smallest absolute Gasteiger partial charge is 0.308 e. The van der Waals surface area contributed by atoms with Crippen LogP contribution in [0.5, 0.6) is 0 Å². The molecule has 1 unspecified atom stereocenters. The molecule has 2 aromatic carbocycles. The zero-order chi connectivity index (χ0) is 19.4. The van der Waals surface area contributed by atoms with Gasteiger partial charge in [-0.3, -0.25) is 14.4 Å². The third-order valence-corrected chi connectivity index (χ3v) is 4.49. The Morgan fingerprint density at radius 1 is 1.00 bits per heavy atom. The highest BCUT2D eigenvalue weighted by Crippen LogP contribution is 2.19. The summed E-state index contributed by atoms with van der Waals surface area (Å²) in [6, 6.07) is 12.1. The molecule has 1 amide bonds. The van der Waals surface area contributed by atoms with Crippen LogP contribution in [0, 0.1) is 19.8 Å². The van der Waals surface area contributed by atoms with Crippen molar-refractivity contribution in [3.8, 4) is 0 Å². The van der Waals surface area contributed by atoms with Crippen LogP contribution in [0.25, 0.3) is 0 Å². The van der Waals surface area contributed by atoms with Gasteiger partial charge in [0.05, 0.1) is 11.5 Å². The summed E-state index contributed by atoms with van der Waals surface area (Å²) >= 11 is 0. The molecule has 1 atom stereocenters. The lowest BCUT2D eigenvalue weighted by Gasteiger charge is -2.20. The minimum absolute atomic E-state index is 0.0698. The number of amides is 1. The monoisotopic (exact) mass is 353 g/mol. The van der Waals surface area contributed by atoms with Crippen LogP contribution >= 0.6 is 0 Å². The predicted octanol–water partition coefficient (Wildman–Crippen LogP) is 3.33. The van der Waals surface area contributed by atoms with Gasteiger partial charge < -0.3 is 10.0 Å². The predicted molar refractivity (Wildman–Crippen MR) is 99.6 cm³/mol. The van der Waals surface area contributed by atoms with Crippen LogP contribution in [0.4, 0.5) is 0 Å². The van der Waals surface area contributed by atoms with E-state index in [1.807, 2.05) is 26.0 Å². The highest BCUT2D eigenvalue weighted by molar-refractivity contribution is 6.15. The fourth-order valence-electron chi connectivity index (χ4n) is 2.68. The van der Waals surface area contributed by atoms with E-state index in [-0.39, 0.29) is 23.8 Å². The Bertz CT molecular complexity index is 857. The van der Waals surface area contributed by atoms with Crippen molar-refractivity contribution < 1.29 is 19.5 Å². The van der Waals surface area contributed by atoms with Crippen molar-refractivity contribution in [2.45, 2.75) is 20.8 Å². The van der Waals surface area contributed by atoms with Crippen molar-refractivity contribution in [1.82, 2.24) is 4.90 Å². The number of aryl methyl sites for hydroxylation is 2. The van der Waals surface area contributed by atoms with Gasteiger partial charge in [-0.05, 0) is 37.1 Å². The SMILES string of the molecule is Cc1ccc(C(=O)c2ccccc2C(=O)N(C)CC(C)C(=O)O)cc1C. The second-order valence-electron chi connectivity index (χ2n) is 6.60. The zero-order valence-electron chi connectivity index (χ0n) is 15.4. The molecule has 26 heavy (non-hydrogen) atoms. The summed E-state index contributed by atoms with van der Waals surface area (Å²) in [6.07, 6.45) is 0. The molecule has 2 aromatic rings. The zero-order valence-corrected chi connectivity index (χ0v) is 15.4. The Morgan fingerprint density at radius 2 is 1.62 bits per heavy atom. The Morgan fingerprint density at radius 3 is 2.19 bits per heavy atom. The van der Waals surface area contributed by atoms with Crippen LogP contribution in [-0.4, -0.2) is 41.3 Å². The van der Waals surface area contributed by atoms with Crippen LogP contribution in [0.2, 0.25) is 0 Å². The molecule has 0 aliphatic carbocycles. The molecule has 0 aromatic heterocycles. The van der Waals surface area contributed by atoms with Gasteiger partial charge in [0.25, 0.3) is 5.91 Å². The largest absolute Gasteiger partial charge is 0.481 e. The van der Waals surface area contributed by atoms with E-state index in [9.17, 15) is 14.4 Å². The van der Waals surface area contributed by atoms with Crippen LogP contribution < -0.4 is 0 Å². The number of carboxylic acids is 1. The molecule has 0 radical (unpaired) electrons. The summed E-state index contributed by atoms with van der Waals surface area (Å²) in [5, 5.41) is 9.03. The highest BCUT2D eigenvalue weighted by atomic mass is 16.4. The lowest BCUT2D eigenvalue weighted by Crippen LogP contribution is -2.34. The number of carboxylic acid groups (broad SMARTS) is 1. The van der Waals surface area contributed by atoms with Gasteiger partial charge in [-0.25, -0.2) is 0 Å². The molecule has 0 heterocycles. The molecule has 136 valence electrons. The van der Waals surface area contributed by atoms with Crippen molar-refractivity contribution in [2.24, 2.45) is 5.92 Å². The Balaban J connectivity index is 2.34. The number of hydrogen-bond donors (Lipinski definition) is 1. The van der Waals surface area contributed by atoms with E-state index in [0.29, 0.717) is 11.1 Å². The minimum atomic E-state index is -0.968. The molecule has 5 nitrogen and oxygen atoms in total. The van der Waals surface area contributed by atoms with Gasteiger partial charge in [0.1, 0.15) is 0 Å². The standard InChI is InChI=1S/C21H23NO4/c1-13-9-10-16(11-14(13)2)19(23)17-7-5-6-8-18(17)20(24)22(4)12-15(3)21(25)26/h5-11,15H,12H2,1-4H3,(H,25,26). The fraction of sp³-hybridized carbons (Fsp3) is 0.286. The van der Waals surface area contributed by atoms with Crippen molar-refractivity contribution in [2.75, 3.05) is 13.6 Å². The van der Waals surface area contributed by atoms with E-state index < -0.39 is 11.9 Å². The molecular weight excluding hydrogens is 330 g/mol. The average Bonchev–Trinajstić information content (AvgIpc) is 2.62. The first kappa shape index (κ1) is 19.4. The van der Waals surface area contributed by atoms with Gasteiger partial charge in [0.15, 0.2) is 5.78 Å². The van der Waals surface area contributed by atoms with E-state index in [0.717, 1.165) is 11.1 Å². The van der Waals surface area contributed by atoms with Crippen LogP contribution in [0.15, 0.2) is 42.5 Å². The van der Waals surface area contributed by atoms with Crippen molar-refractivity contribution in [1.29, 1.82) is 0 Å². The van der Waals surface area contributed by atoms with Gasteiger partial charge in [-0.2, -0.15) is 0 Å². The summed E-state index contributed by atoms with van der Waals surface area (Å²) in [5.41, 5.74) is 3.21. The summed E-state index contributed by atoms with van der Waals surface area (Å²) in [6.45, 7) is 5.52. The third kappa shape index (κ3) is 4.17. The summed E-state index contributed by atoms with van der Waals surface area (Å²) in [4.78, 5) is 38.0. The number of rotatable bonds is 6. The lowest BCUT2D eigenvalue weighted by atomic mass is 9.95. The van der Waals surface area contributed by atoms with E-state index in [2.05, 4.69) is 0 Å². The first-order chi connectivity index (χ1) is 12.2. The number of hydrogen-bond acceptors (Lipinski definition) is 3. The molecule has 2 rings (SSSR count). The number of ketones is 1. The third-order valence-electron chi connectivity index (χ3n) is 4.49. The van der Waals surface area contributed by atoms with Gasteiger partial charge in [0.2, 0.25) is 0 Å². The van der Waals surface area contributed by atoms with Crippen molar-refractivity contribution in [3.63, 3.8) is 0 Å². The summed E-state index contributed by atoms with van der Waals surface area (Å²) in [7, 11) is 1.54. The summed E-state index contributed by atoms with van der Waals surface area (Å²) in [5.74, 6) is -2.25. The topological polar surface area (TPSA) is 74.7 Å². The molecule has 0 bridgehead atoms. The second-order valence-corrected chi connectivity index (χ2v) is 6.60. The minimum Gasteiger partial charge on any atom is -0.481 e. The van der Waals surface area contributed by atoms with Gasteiger partial charge in [-0.1, -0.05) is 37.3 Å². The van der Waals surface area contributed by atoms with Gasteiger partial charge in [-0.15, -0.1) is 0 Å². The molecule has 0 saturated carbocycles. The molecule has 0 aliphatic rings. The second kappa shape index (κ2) is 7.95. The van der Waals surface area contributed by atoms with Crippen molar-refractivity contribution in [3.05, 3.63) is 70.3 Å². The maximum absolute atomic E-state index is 12.9. The highest BCUT2D eigenvalue weighted by Gasteiger charge is 2.23. The van der Waals surface area contributed by atoms with Crippen LogP contribution in [0.3, 0.4) is 0 Å². The maximum atomic E-state index is 12.9. The number of carbonyl (C=O) groups excluding carboxylic acids is 2. The van der Waals surface area contributed by atoms with E-state index in [4.69, 9.17) is 5.11 Å². The normalized spacial score (nSPS) is 11.7. The summed E-state index contributed by atoms with van der Waals surface area (Å²) < 4.78 is 0. The van der Waals surface area contributed by atoms with Gasteiger partial charge in [0, 0.05) is 24.7 Å². The average molecular weight is 353 g/mol. The van der Waals surface area contributed by atoms with Crippen LogP contribution in [0.1, 0.15) is 44.3 Å². The first-order valence-electron chi connectivity index (χ1n) is 8.41. The molecule has 5 heteroatoms. The molecule has 0 aliphatic heterocycles. The molecule has 0 saturated heterocycles. The molecule has 0 spiro atoms. The number of carbonyl (C=O) groups is 3. The van der Waals surface area contributed by atoms with E-state index in [1.165, 1.54) is 11.8 Å². The van der Waals surface area contributed by atoms with Gasteiger partial charge >= 0.3 is 5.97 Å². The molecular formula is C21H23NO4. The van der Waals surface area contributed by atoms with Crippen molar-refractivity contribution >= 4 is 17.7 Å². The molecule has 1 N–H and O–H groups in total. The number of aliphatic carboxylic acids is 1. The number of nitrogens with zero attached hydrogens (tertiary/aromatic N) is 1. The lowest BCUT2D eigenvalue weighted by molar-refractivity contribution is -0.141. The number of benzene rings is 2. The first-order valence-corrected chi connectivity index (χ1v) is 8.41. The molecule has 0 fully saturated rings. The fourth-order valence-corrected chi connectivity index (χ4v) is 2.68. The quantitative estimate of drug-likeness (QED) is 0.809. The van der Waals surface area contributed by atoms with E-state index >= 15 is 0 Å².